The van der Waals surface area contributed by atoms with Gasteiger partial charge in [-0.15, -0.1) is 5.10 Å². The summed E-state index contributed by atoms with van der Waals surface area (Å²) in [6.07, 6.45) is 1.73. The van der Waals surface area contributed by atoms with Crippen molar-refractivity contribution in [2.45, 2.75) is 26.7 Å². The zero-order valence-corrected chi connectivity index (χ0v) is 13.7. The van der Waals surface area contributed by atoms with Crippen LogP contribution in [0.15, 0.2) is 18.2 Å². The first kappa shape index (κ1) is 14.4. The van der Waals surface area contributed by atoms with Crippen molar-refractivity contribution in [1.82, 2.24) is 9.59 Å². The average molecular weight is 387 g/mol. The van der Waals surface area contributed by atoms with Gasteiger partial charge in [-0.25, -0.2) is 0 Å². The van der Waals surface area contributed by atoms with Crippen LogP contribution in [-0.2, 0) is 6.42 Å². The molecular formula is C13H14IN3OS. The van der Waals surface area contributed by atoms with E-state index >= 15 is 0 Å². The van der Waals surface area contributed by atoms with Gasteiger partial charge in [-0.05, 0) is 65.2 Å². The molecule has 0 aliphatic rings. The summed E-state index contributed by atoms with van der Waals surface area (Å²) in [5.74, 6) is -0.127. The minimum Gasteiger partial charge on any atom is -0.321 e. The molecule has 0 spiro atoms. The Hall–Kier alpha value is -1.02. The molecule has 0 aliphatic heterocycles. The third-order valence-corrected chi connectivity index (χ3v) is 4.61. The van der Waals surface area contributed by atoms with Gasteiger partial charge in [0.25, 0.3) is 5.91 Å². The monoisotopic (exact) mass is 387 g/mol. The zero-order valence-electron chi connectivity index (χ0n) is 10.7. The summed E-state index contributed by atoms with van der Waals surface area (Å²) >= 11 is 3.41. The highest BCUT2D eigenvalue weighted by molar-refractivity contribution is 14.1. The Kier molecular flexibility index (Phi) is 4.87. The maximum atomic E-state index is 12.2. The van der Waals surface area contributed by atoms with Crippen LogP contribution in [0.4, 0.5) is 5.69 Å². The van der Waals surface area contributed by atoms with Gasteiger partial charge in [-0.2, -0.15) is 0 Å². The number of anilines is 1. The first-order valence-electron chi connectivity index (χ1n) is 6.00. The molecule has 0 fully saturated rings. The molecule has 0 unspecified atom stereocenters. The molecule has 2 rings (SSSR count). The molecule has 0 aliphatic carbocycles. The van der Waals surface area contributed by atoms with Crippen molar-refractivity contribution in [3.05, 3.63) is 37.9 Å². The number of carbonyl (C=O) groups excluding carboxylic acids is 1. The van der Waals surface area contributed by atoms with Crippen LogP contribution in [-0.4, -0.2) is 15.5 Å². The predicted molar refractivity (Wildman–Crippen MR) is 85.8 cm³/mol. The third kappa shape index (κ3) is 3.50. The van der Waals surface area contributed by atoms with E-state index in [1.807, 2.05) is 25.1 Å². The van der Waals surface area contributed by atoms with E-state index < -0.39 is 0 Å². The van der Waals surface area contributed by atoms with Crippen LogP contribution >= 0.6 is 34.1 Å². The summed E-state index contributed by atoms with van der Waals surface area (Å²) in [6.45, 7) is 4.10. The van der Waals surface area contributed by atoms with Gasteiger partial charge < -0.3 is 5.32 Å². The average Bonchev–Trinajstić information content (AvgIpc) is 2.83. The van der Waals surface area contributed by atoms with Crippen LogP contribution in [0.1, 0.15) is 34.3 Å². The molecule has 0 atom stereocenters. The Bertz CT molecular complexity index is 597. The fourth-order valence-corrected chi connectivity index (χ4v) is 2.76. The topological polar surface area (TPSA) is 54.9 Å². The van der Waals surface area contributed by atoms with Gasteiger partial charge in [0.15, 0.2) is 0 Å². The number of hydrogen-bond acceptors (Lipinski definition) is 4. The van der Waals surface area contributed by atoms with Gasteiger partial charge in [0.1, 0.15) is 4.88 Å². The molecule has 0 saturated heterocycles. The molecule has 0 saturated carbocycles. The van der Waals surface area contributed by atoms with Crippen LogP contribution in [0.3, 0.4) is 0 Å². The van der Waals surface area contributed by atoms with Crippen LogP contribution in [0, 0.1) is 10.5 Å². The summed E-state index contributed by atoms with van der Waals surface area (Å²) in [5, 5.41) is 6.90. The van der Waals surface area contributed by atoms with E-state index in [1.165, 1.54) is 5.56 Å². The summed E-state index contributed by atoms with van der Waals surface area (Å²) in [5.41, 5.74) is 2.78. The second-order valence-corrected chi connectivity index (χ2v) is 6.13. The summed E-state index contributed by atoms with van der Waals surface area (Å²) in [4.78, 5) is 12.8. The van der Waals surface area contributed by atoms with Gasteiger partial charge in [0.05, 0.1) is 5.69 Å². The number of halogens is 1. The Labute approximate surface area is 129 Å². The van der Waals surface area contributed by atoms with Crippen molar-refractivity contribution >= 4 is 45.7 Å². The molecule has 1 amide bonds. The van der Waals surface area contributed by atoms with Crippen LogP contribution in [0.2, 0.25) is 0 Å². The number of rotatable bonds is 4. The number of aromatic nitrogens is 2. The molecule has 0 bridgehead atoms. The van der Waals surface area contributed by atoms with Crippen molar-refractivity contribution < 1.29 is 4.79 Å². The number of hydrogen-bond donors (Lipinski definition) is 1. The summed E-state index contributed by atoms with van der Waals surface area (Å²) in [7, 11) is 0. The van der Waals surface area contributed by atoms with Crippen molar-refractivity contribution in [2.75, 3.05) is 5.32 Å². The summed E-state index contributed by atoms with van der Waals surface area (Å²) < 4.78 is 5.00. The van der Waals surface area contributed by atoms with Crippen molar-refractivity contribution in [3.8, 4) is 0 Å². The maximum Gasteiger partial charge on any atom is 0.269 e. The number of nitrogens with zero attached hydrogens (tertiary/aromatic N) is 2. The Morgan fingerprint density at radius 1 is 1.47 bits per heavy atom. The molecule has 100 valence electrons. The van der Waals surface area contributed by atoms with Gasteiger partial charge >= 0.3 is 0 Å². The van der Waals surface area contributed by atoms with Crippen LogP contribution in [0.25, 0.3) is 0 Å². The molecule has 0 radical (unpaired) electrons. The van der Waals surface area contributed by atoms with Gasteiger partial charge in [-0.3, -0.25) is 4.79 Å². The lowest BCUT2D eigenvalue weighted by molar-refractivity contribution is 0.102. The highest BCUT2D eigenvalue weighted by atomic mass is 127. The van der Waals surface area contributed by atoms with Gasteiger partial charge in [0.2, 0.25) is 0 Å². The van der Waals surface area contributed by atoms with Gasteiger partial charge in [0, 0.05) is 9.26 Å². The lowest BCUT2D eigenvalue weighted by atomic mass is 10.2. The number of aryl methyl sites for hydroxylation is 2. The number of nitrogens with one attached hydrogen (secondary N) is 1. The largest absolute Gasteiger partial charge is 0.321 e. The zero-order chi connectivity index (χ0) is 13.8. The maximum absolute atomic E-state index is 12.2. The normalized spacial score (nSPS) is 10.5. The van der Waals surface area contributed by atoms with Crippen LogP contribution < -0.4 is 5.32 Å². The second kappa shape index (κ2) is 6.42. The summed E-state index contributed by atoms with van der Waals surface area (Å²) in [6, 6.07) is 5.86. The second-order valence-electron chi connectivity index (χ2n) is 4.22. The Balaban J connectivity index is 2.16. The van der Waals surface area contributed by atoms with E-state index in [9.17, 15) is 4.79 Å². The van der Waals surface area contributed by atoms with Crippen LogP contribution in [0.5, 0.6) is 0 Å². The van der Waals surface area contributed by atoms with Crippen molar-refractivity contribution in [3.63, 3.8) is 0 Å². The molecule has 2 aromatic rings. The molecule has 19 heavy (non-hydrogen) atoms. The Morgan fingerprint density at radius 3 is 2.95 bits per heavy atom. The molecule has 4 nitrogen and oxygen atoms in total. The van der Waals surface area contributed by atoms with E-state index in [4.69, 9.17) is 0 Å². The molecule has 1 aromatic heterocycles. The third-order valence-electron chi connectivity index (χ3n) is 2.68. The molecule has 1 heterocycles. The number of benzene rings is 1. The fraction of sp³-hybridized carbons (Fsp3) is 0.308. The van der Waals surface area contributed by atoms with E-state index in [2.05, 4.69) is 44.4 Å². The van der Waals surface area contributed by atoms with Crippen molar-refractivity contribution in [1.29, 1.82) is 0 Å². The van der Waals surface area contributed by atoms with E-state index in [0.717, 1.165) is 39.3 Å². The first-order chi connectivity index (χ1) is 9.11. The fourth-order valence-electron chi connectivity index (χ4n) is 1.64. The SMILES string of the molecule is CCCc1nnsc1C(=O)Nc1ccc(C)c(I)c1. The minimum atomic E-state index is -0.127. The molecule has 6 heteroatoms. The number of carbonyl (C=O) groups is 1. The van der Waals surface area contributed by atoms with Crippen molar-refractivity contribution in [2.24, 2.45) is 0 Å². The Morgan fingerprint density at radius 2 is 2.26 bits per heavy atom. The van der Waals surface area contributed by atoms with E-state index in [1.54, 1.807) is 0 Å². The first-order valence-corrected chi connectivity index (χ1v) is 7.85. The molecule has 1 aromatic carbocycles. The number of amides is 1. The molecular weight excluding hydrogens is 373 g/mol. The lowest BCUT2D eigenvalue weighted by Gasteiger charge is -2.06. The van der Waals surface area contributed by atoms with E-state index in [0.29, 0.717) is 4.88 Å². The highest BCUT2D eigenvalue weighted by Crippen LogP contribution is 2.19. The minimum absolute atomic E-state index is 0.127. The predicted octanol–water partition coefficient (Wildman–Crippen LogP) is 3.66. The quantitative estimate of drug-likeness (QED) is 0.815. The lowest BCUT2D eigenvalue weighted by Crippen LogP contribution is -2.12. The van der Waals surface area contributed by atoms with E-state index in [-0.39, 0.29) is 5.91 Å². The molecule has 1 N–H and O–H groups in total. The van der Waals surface area contributed by atoms with Gasteiger partial charge in [-0.1, -0.05) is 23.9 Å². The standard InChI is InChI=1S/C13H14IN3OS/c1-3-4-11-12(19-17-16-11)13(18)15-9-6-5-8(2)10(14)7-9/h5-7H,3-4H2,1-2H3,(H,15,18). The highest BCUT2D eigenvalue weighted by Gasteiger charge is 2.15. The smallest absolute Gasteiger partial charge is 0.269 e.